The van der Waals surface area contributed by atoms with Crippen LogP contribution in [-0.2, 0) is 0 Å². The van der Waals surface area contributed by atoms with E-state index in [-0.39, 0.29) is 0 Å². The van der Waals surface area contributed by atoms with Crippen molar-refractivity contribution in [2.75, 3.05) is 7.11 Å². The number of pyridine rings is 1. The van der Waals surface area contributed by atoms with Crippen molar-refractivity contribution >= 4 is 6.09 Å². The molecule has 0 aliphatic rings. The summed E-state index contributed by atoms with van der Waals surface area (Å²) in [5, 5.41) is 0. The highest BCUT2D eigenvalue weighted by Crippen LogP contribution is 2.12. The topological polar surface area (TPSA) is 74.4 Å². The summed E-state index contributed by atoms with van der Waals surface area (Å²) in [4.78, 5) is 14.1. The van der Waals surface area contributed by atoms with Gasteiger partial charge in [-0.3, -0.25) is 0 Å². The molecule has 2 N–H and O–H groups in total. The molecule has 0 radical (unpaired) electrons. The van der Waals surface area contributed by atoms with Gasteiger partial charge in [-0.25, -0.2) is 9.78 Å². The Hall–Kier alpha value is -1.78. The average Bonchev–Trinajstić information content (AvgIpc) is 2.05. The Morgan fingerprint density at radius 2 is 2.33 bits per heavy atom. The molecule has 0 unspecified atom stereocenters. The largest absolute Gasteiger partial charge is 0.481 e. The Morgan fingerprint density at radius 3 is 2.75 bits per heavy atom. The predicted molar refractivity (Wildman–Crippen MR) is 41.0 cm³/mol. The first-order valence-corrected chi connectivity index (χ1v) is 3.19. The molecule has 0 atom stereocenters. The number of hydrogen-bond acceptors (Lipinski definition) is 4. The van der Waals surface area contributed by atoms with Gasteiger partial charge in [0.2, 0.25) is 5.88 Å². The number of carbonyl (C=O) groups is 1. The predicted octanol–water partition coefficient (Wildman–Crippen LogP) is 0.548. The molecule has 1 amide bonds. The molecule has 5 nitrogen and oxygen atoms in total. The second kappa shape index (κ2) is 3.56. The second-order valence-corrected chi connectivity index (χ2v) is 1.96. The van der Waals surface area contributed by atoms with Gasteiger partial charge in [0.15, 0.2) is 5.75 Å². The smallest absolute Gasteiger partial charge is 0.410 e. The Labute approximate surface area is 69.1 Å². The van der Waals surface area contributed by atoms with Crippen molar-refractivity contribution in [2.45, 2.75) is 0 Å². The minimum atomic E-state index is -0.859. The minimum absolute atomic E-state index is 0.295. The number of amides is 1. The lowest BCUT2D eigenvalue weighted by atomic mass is 10.4. The molecule has 0 fully saturated rings. The van der Waals surface area contributed by atoms with E-state index in [9.17, 15) is 4.79 Å². The first-order valence-electron chi connectivity index (χ1n) is 3.19. The minimum Gasteiger partial charge on any atom is -0.481 e. The summed E-state index contributed by atoms with van der Waals surface area (Å²) in [7, 11) is 1.50. The first kappa shape index (κ1) is 8.32. The van der Waals surface area contributed by atoms with Crippen LogP contribution in [0.5, 0.6) is 11.6 Å². The number of carbonyl (C=O) groups excluding carboxylic acids is 1. The number of ether oxygens (including phenoxy) is 2. The molecule has 0 spiro atoms. The molecule has 64 valence electrons. The average molecular weight is 168 g/mol. The van der Waals surface area contributed by atoms with Crippen LogP contribution in [0.25, 0.3) is 0 Å². The third-order valence-electron chi connectivity index (χ3n) is 1.14. The number of methoxy groups -OCH3 is 1. The van der Waals surface area contributed by atoms with E-state index in [0.29, 0.717) is 11.6 Å². The lowest BCUT2D eigenvalue weighted by molar-refractivity contribution is 0.210. The summed E-state index contributed by atoms with van der Waals surface area (Å²) >= 11 is 0. The molecular weight excluding hydrogens is 160 g/mol. The number of nitrogens with zero attached hydrogens (tertiary/aromatic N) is 1. The van der Waals surface area contributed by atoms with Crippen LogP contribution < -0.4 is 15.2 Å². The normalized spacial score (nSPS) is 9.08. The molecule has 12 heavy (non-hydrogen) atoms. The fourth-order valence-electron chi connectivity index (χ4n) is 0.664. The third-order valence-corrected chi connectivity index (χ3v) is 1.14. The highest BCUT2D eigenvalue weighted by Gasteiger charge is 1.98. The van der Waals surface area contributed by atoms with Crippen LogP contribution in [0.15, 0.2) is 18.3 Å². The van der Waals surface area contributed by atoms with E-state index in [2.05, 4.69) is 9.72 Å². The van der Waals surface area contributed by atoms with Crippen LogP contribution in [-0.4, -0.2) is 18.2 Å². The van der Waals surface area contributed by atoms with Crippen molar-refractivity contribution in [1.29, 1.82) is 0 Å². The summed E-state index contributed by atoms with van der Waals surface area (Å²) < 4.78 is 9.33. The fraction of sp³-hybridized carbons (Fsp3) is 0.143. The van der Waals surface area contributed by atoms with E-state index >= 15 is 0 Å². The number of primary amides is 1. The van der Waals surface area contributed by atoms with E-state index in [4.69, 9.17) is 10.5 Å². The van der Waals surface area contributed by atoms with Gasteiger partial charge in [0.05, 0.1) is 13.3 Å². The van der Waals surface area contributed by atoms with Crippen molar-refractivity contribution in [2.24, 2.45) is 5.73 Å². The molecule has 0 saturated carbocycles. The van der Waals surface area contributed by atoms with Gasteiger partial charge >= 0.3 is 6.09 Å². The molecule has 0 aromatic carbocycles. The fourth-order valence-corrected chi connectivity index (χ4v) is 0.664. The van der Waals surface area contributed by atoms with Gasteiger partial charge in [0.1, 0.15) is 0 Å². The van der Waals surface area contributed by atoms with Gasteiger partial charge in [-0.05, 0) is 6.07 Å². The summed E-state index contributed by atoms with van der Waals surface area (Å²) in [5.41, 5.74) is 4.77. The standard InChI is InChI=1S/C7H8N2O3/c1-11-6-3-2-5(4-9-6)12-7(8)10/h2-4H,1H3,(H2,8,10). The van der Waals surface area contributed by atoms with Crippen LogP contribution in [0.4, 0.5) is 4.79 Å². The lowest BCUT2D eigenvalue weighted by Gasteiger charge is -2.00. The van der Waals surface area contributed by atoms with Crippen LogP contribution >= 0.6 is 0 Å². The van der Waals surface area contributed by atoms with E-state index in [1.165, 1.54) is 19.4 Å². The van der Waals surface area contributed by atoms with Crippen molar-refractivity contribution in [1.82, 2.24) is 4.98 Å². The van der Waals surface area contributed by atoms with Crippen molar-refractivity contribution < 1.29 is 14.3 Å². The van der Waals surface area contributed by atoms with Gasteiger partial charge in [-0.1, -0.05) is 0 Å². The zero-order chi connectivity index (χ0) is 8.97. The van der Waals surface area contributed by atoms with Gasteiger partial charge in [0, 0.05) is 6.07 Å². The van der Waals surface area contributed by atoms with Crippen LogP contribution in [0.3, 0.4) is 0 Å². The number of hydrogen-bond donors (Lipinski definition) is 1. The molecule has 1 heterocycles. The Bertz CT molecular complexity index is 270. The first-order chi connectivity index (χ1) is 5.72. The number of rotatable bonds is 2. The van der Waals surface area contributed by atoms with E-state index in [0.717, 1.165) is 0 Å². The SMILES string of the molecule is COc1ccc(OC(N)=O)cn1. The zero-order valence-electron chi connectivity index (χ0n) is 6.48. The van der Waals surface area contributed by atoms with E-state index in [1.807, 2.05) is 0 Å². The van der Waals surface area contributed by atoms with Crippen molar-refractivity contribution in [3.05, 3.63) is 18.3 Å². The van der Waals surface area contributed by atoms with Crippen molar-refractivity contribution in [3.63, 3.8) is 0 Å². The molecule has 0 bridgehead atoms. The van der Waals surface area contributed by atoms with Crippen LogP contribution in [0.2, 0.25) is 0 Å². The number of nitrogens with two attached hydrogens (primary N) is 1. The monoisotopic (exact) mass is 168 g/mol. The molecule has 5 heteroatoms. The van der Waals surface area contributed by atoms with Gasteiger partial charge in [-0.15, -0.1) is 0 Å². The Kier molecular flexibility index (Phi) is 2.47. The quantitative estimate of drug-likeness (QED) is 0.699. The highest BCUT2D eigenvalue weighted by molar-refractivity contribution is 5.67. The maximum atomic E-state index is 10.3. The molecule has 1 aromatic heterocycles. The third kappa shape index (κ3) is 2.12. The van der Waals surface area contributed by atoms with E-state index < -0.39 is 6.09 Å². The molecule has 1 aromatic rings. The number of aromatic nitrogens is 1. The highest BCUT2D eigenvalue weighted by atomic mass is 16.5. The molecule has 0 aliphatic carbocycles. The van der Waals surface area contributed by atoms with Gasteiger partial charge in [-0.2, -0.15) is 0 Å². The molecular formula is C7H8N2O3. The molecule has 0 aliphatic heterocycles. The molecule has 0 saturated heterocycles. The van der Waals surface area contributed by atoms with Crippen LogP contribution in [0.1, 0.15) is 0 Å². The Morgan fingerprint density at radius 1 is 1.58 bits per heavy atom. The van der Waals surface area contributed by atoms with Crippen LogP contribution in [0, 0.1) is 0 Å². The molecule has 1 rings (SSSR count). The Balaban J connectivity index is 2.71. The summed E-state index contributed by atoms with van der Waals surface area (Å²) in [5.74, 6) is 0.745. The summed E-state index contributed by atoms with van der Waals surface area (Å²) in [6.45, 7) is 0. The summed E-state index contributed by atoms with van der Waals surface area (Å²) in [6.07, 6.45) is 0.491. The van der Waals surface area contributed by atoms with Crippen molar-refractivity contribution in [3.8, 4) is 11.6 Å². The maximum Gasteiger partial charge on any atom is 0.410 e. The summed E-state index contributed by atoms with van der Waals surface area (Å²) in [6, 6.07) is 3.11. The van der Waals surface area contributed by atoms with E-state index in [1.54, 1.807) is 6.07 Å². The zero-order valence-corrected chi connectivity index (χ0v) is 6.48. The van der Waals surface area contributed by atoms with Gasteiger partial charge < -0.3 is 15.2 Å². The van der Waals surface area contributed by atoms with Gasteiger partial charge in [0.25, 0.3) is 0 Å². The second-order valence-electron chi connectivity index (χ2n) is 1.96. The lowest BCUT2D eigenvalue weighted by Crippen LogP contribution is -2.16. The maximum absolute atomic E-state index is 10.3.